The molecule has 0 saturated carbocycles. The third kappa shape index (κ3) is 3.33. The Morgan fingerprint density at radius 3 is 1.92 bits per heavy atom. The molecule has 1 heterocycles. The lowest BCUT2D eigenvalue weighted by Crippen LogP contribution is -2.29. The van der Waals surface area contributed by atoms with Gasteiger partial charge in [0.25, 0.3) is 5.91 Å². The minimum absolute atomic E-state index is 0.0986. The van der Waals surface area contributed by atoms with E-state index in [0.717, 1.165) is 17.2 Å². The van der Waals surface area contributed by atoms with Crippen LogP contribution in [0.1, 0.15) is 27.7 Å². The van der Waals surface area contributed by atoms with E-state index in [0.29, 0.717) is 0 Å². The number of furan rings is 1. The standard InChI is InChI=1S/C18H14N2O4/c21-18(15-11-12-16(24-15)20(22)23)19-17(13-7-3-1-4-8-13)14-9-5-2-6-10-14/h1-12,17H,(H,19,21). The van der Waals surface area contributed by atoms with E-state index in [1.54, 1.807) is 0 Å². The predicted octanol–water partition coefficient (Wildman–Crippen LogP) is 3.71. The van der Waals surface area contributed by atoms with Crippen LogP contribution < -0.4 is 5.32 Å². The van der Waals surface area contributed by atoms with Crippen LogP contribution in [0.15, 0.2) is 77.2 Å². The molecule has 24 heavy (non-hydrogen) atoms. The average Bonchev–Trinajstić information content (AvgIpc) is 3.11. The van der Waals surface area contributed by atoms with Crippen LogP contribution in [0.25, 0.3) is 0 Å². The first-order chi connectivity index (χ1) is 11.6. The second kappa shape index (κ2) is 6.78. The highest BCUT2D eigenvalue weighted by molar-refractivity contribution is 5.92. The fraction of sp³-hybridized carbons (Fsp3) is 0.0556. The Bertz CT molecular complexity index is 804. The topological polar surface area (TPSA) is 85.4 Å². The lowest BCUT2D eigenvalue weighted by atomic mass is 9.98. The Balaban J connectivity index is 1.89. The fourth-order valence-electron chi connectivity index (χ4n) is 2.40. The van der Waals surface area contributed by atoms with E-state index >= 15 is 0 Å². The molecule has 0 spiro atoms. The molecule has 0 aliphatic carbocycles. The molecule has 0 fully saturated rings. The number of carbonyl (C=O) groups excluding carboxylic acids is 1. The van der Waals surface area contributed by atoms with Gasteiger partial charge in [-0.15, -0.1) is 0 Å². The fourth-order valence-corrected chi connectivity index (χ4v) is 2.40. The Labute approximate surface area is 137 Å². The van der Waals surface area contributed by atoms with E-state index in [-0.39, 0.29) is 11.8 Å². The van der Waals surface area contributed by atoms with E-state index < -0.39 is 16.7 Å². The maximum atomic E-state index is 12.4. The van der Waals surface area contributed by atoms with Gasteiger partial charge in [-0.1, -0.05) is 60.7 Å². The van der Waals surface area contributed by atoms with Gasteiger partial charge in [0.15, 0.2) is 5.76 Å². The molecule has 3 rings (SSSR count). The van der Waals surface area contributed by atoms with E-state index in [9.17, 15) is 14.9 Å². The molecule has 120 valence electrons. The van der Waals surface area contributed by atoms with Gasteiger partial charge in [0.1, 0.15) is 4.92 Å². The van der Waals surface area contributed by atoms with Crippen molar-refractivity contribution in [1.82, 2.24) is 5.32 Å². The average molecular weight is 322 g/mol. The summed E-state index contributed by atoms with van der Waals surface area (Å²) in [5, 5.41) is 13.5. The quantitative estimate of drug-likeness (QED) is 0.573. The third-order valence-corrected chi connectivity index (χ3v) is 3.54. The third-order valence-electron chi connectivity index (χ3n) is 3.54. The van der Waals surface area contributed by atoms with Crippen molar-refractivity contribution in [2.45, 2.75) is 6.04 Å². The molecule has 1 N–H and O–H groups in total. The number of nitro groups is 1. The first kappa shape index (κ1) is 15.5. The van der Waals surface area contributed by atoms with Gasteiger partial charge in [-0.05, 0) is 17.2 Å². The number of carbonyl (C=O) groups is 1. The molecule has 3 aromatic rings. The van der Waals surface area contributed by atoms with E-state index in [1.165, 1.54) is 6.07 Å². The van der Waals surface area contributed by atoms with Gasteiger partial charge in [-0.2, -0.15) is 0 Å². The van der Waals surface area contributed by atoms with Crippen LogP contribution in [0.2, 0.25) is 0 Å². The van der Waals surface area contributed by atoms with Gasteiger partial charge in [-0.3, -0.25) is 14.9 Å². The molecule has 6 heteroatoms. The molecule has 0 aliphatic rings. The molecule has 0 unspecified atom stereocenters. The normalized spacial score (nSPS) is 10.5. The van der Waals surface area contributed by atoms with E-state index in [1.807, 2.05) is 60.7 Å². The molecule has 0 atom stereocenters. The van der Waals surface area contributed by atoms with E-state index in [2.05, 4.69) is 5.32 Å². The van der Waals surface area contributed by atoms with Crippen LogP contribution in [0.5, 0.6) is 0 Å². The minimum Gasteiger partial charge on any atom is -0.395 e. The largest absolute Gasteiger partial charge is 0.433 e. The van der Waals surface area contributed by atoms with Crippen LogP contribution in [0.4, 0.5) is 5.88 Å². The molecule has 2 aromatic carbocycles. The van der Waals surface area contributed by atoms with Crippen molar-refractivity contribution in [2.24, 2.45) is 0 Å². The van der Waals surface area contributed by atoms with Gasteiger partial charge in [0.2, 0.25) is 0 Å². The summed E-state index contributed by atoms with van der Waals surface area (Å²) in [6, 6.07) is 21.0. The van der Waals surface area contributed by atoms with Gasteiger partial charge in [0, 0.05) is 0 Å². The second-order valence-corrected chi connectivity index (χ2v) is 5.12. The van der Waals surface area contributed by atoms with Gasteiger partial charge in [0.05, 0.1) is 12.1 Å². The minimum atomic E-state index is -0.678. The van der Waals surface area contributed by atoms with Crippen LogP contribution >= 0.6 is 0 Å². The SMILES string of the molecule is O=C(NC(c1ccccc1)c1ccccc1)c1ccc([N+](=O)[O-])o1. The maximum Gasteiger partial charge on any atom is 0.433 e. The van der Waals surface area contributed by atoms with Crippen molar-refractivity contribution in [2.75, 3.05) is 0 Å². The number of hydrogen-bond acceptors (Lipinski definition) is 4. The van der Waals surface area contributed by atoms with E-state index in [4.69, 9.17) is 4.42 Å². The molecule has 6 nitrogen and oxygen atoms in total. The lowest BCUT2D eigenvalue weighted by molar-refractivity contribution is -0.402. The number of amides is 1. The van der Waals surface area contributed by atoms with Crippen molar-refractivity contribution in [1.29, 1.82) is 0 Å². The van der Waals surface area contributed by atoms with Crippen molar-refractivity contribution < 1.29 is 14.1 Å². The first-order valence-corrected chi connectivity index (χ1v) is 7.30. The van der Waals surface area contributed by atoms with Crippen molar-refractivity contribution in [3.8, 4) is 0 Å². The Kier molecular flexibility index (Phi) is 4.38. The molecule has 0 radical (unpaired) electrons. The molecule has 0 bridgehead atoms. The Hall–Kier alpha value is -3.41. The maximum absolute atomic E-state index is 12.4. The van der Waals surface area contributed by atoms with Crippen LogP contribution in [-0.4, -0.2) is 10.8 Å². The number of nitrogens with zero attached hydrogens (tertiary/aromatic N) is 1. The van der Waals surface area contributed by atoms with Crippen LogP contribution in [0, 0.1) is 10.1 Å². The van der Waals surface area contributed by atoms with Crippen molar-refractivity contribution >= 4 is 11.8 Å². The van der Waals surface area contributed by atoms with Gasteiger partial charge >= 0.3 is 5.88 Å². The molecule has 1 amide bonds. The Morgan fingerprint density at radius 2 is 1.46 bits per heavy atom. The number of benzene rings is 2. The summed E-state index contributed by atoms with van der Waals surface area (Å²) in [6.07, 6.45) is 0. The summed E-state index contributed by atoms with van der Waals surface area (Å²) < 4.78 is 4.97. The number of rotatable bonds is 5. The van der Waals surface area contributed by atoms with Crippen molar-refractivity contribution in [3.63, 3.8) is 0 Å². The molecule has 1 aromatic heterocycles. The monoisotopic (exact) mass is 322 g/mol. The van der Waals surface area contributed by atoms with Crippen LogP contribution in [0.3, 0.4) is 0 Å². The zero-order valence-electron chi connectivity index (χ0n) is 12.6. The lowest BCUT2D eigenvalue weighted by Gasteiger charge is -2.19. The highest BCUT2D eigenvalue weighted by Crippen LogP contribution is 2.23. The van der Waals surface area contributed by atoms with Crippen molar-refractivity contribution in [3.05, 3.63) is 99.8 Å². The Morgan fingerprint density at radius 1 is 0.917 bits per heavy atom. The second-order valence-electron chi connectivity index (χ2n) is 5.12. The zero-order valence-corrected chi connectivity index (χ0v) is 12.6. The summed E-state index contributed by atoms with van der Waals surface area (Å²) in [5.41, 5.74) is 1.80. The molecule has 0 aliphatic heterocycles. The summed E-state index contributed by atoms with van der Waals surface area (Å²) in [5.74, 6) is -1.07. The summed E-state index contributed by atoms with van der Waals surface area (Å²) in [4.78, 5) is 22.4. The molecular formula is C18H14N2O4. The van der Waals surface area contributed by atoms with Crippen LogP contribution in [-0.2, 0) is 0 Å². The highest BCUT2D eigenvalue weighted by atomic mass is 16.6. The smallest absolute Gasteiger partial charge is 0.395 e. The predicted molar refractivity (Wildman–Crippen MR) is 87.6 cm³/mol. The summed E-state index contributed by atoms with van der Waals surface area (Å²) in [6.45, 7) is 0. The molecule has 0 saturated heterocycles. The van der Waals surface area contributed by atoms with Gasteiger partial charge in [-0.25, -0.2) is 0 Å². The number of nitrogens with one attached hydrogen (secondary N) is 1. The highest BCUT2D eigenvalue weighted by Gasteiger charge is 2.22. The molecular weight excluding hydrogens is 308 g/mol. The zero-order chi connectivity index (χ0) is 16.9. The first-order valence-electron chi connectivity index (χ1n) is 7.30. The summed E-state index contributed by atoms with van der Waals surface area (Å²) in [7, 11) is 0. The summed E-state index contributed by atoms with van der Waals surface area (Å²) >= 11 is 0. The van der Waals surface area contributed by atoms with Gasteiger partial charge < -0.3 is 9.73 Å². The number of hydrogen-bond donors (Lipinski definition) is 1.